The number of hydrogen-bond acceptors (Lipinski definition) is 4. The molecule has 0 atom stereocenters. The highest BCUT2D eigenvalue weighted by Gasteiger charge is 2.06. The number of carbonyl (C=O) groups excluding carboxylic acids is 1. The Balaban J connectivity index is 1.97. The average molecular weight is 262 g/mol. The minimum Gasteiger partial charge on any atom is -0.347 e. The van der Waals surface area contributed by atoms with Gasteiger partial charge in [0.25, 0.3) is 5.91 Å². The molecular formula is C15H10N4O. The SMILES string of the molecule is N#Cc1ccc(CNC(=O)c2ccc(C#N)cn2)cc1. The van der Waals surface area contributed by atoms with Crippen molar-refractivity contribution in [2.75, 3.05) is 0 Å². The Morgan fingerprint density at radius 3 is 2.25 bits per heavy atom. The van der Waals surface area contributed by atoms with Gasteiger partial charge in [0, 0.05) is 12.7 Å². The van der Waals surface area contributed by atoms with E-state index in [4.69, 9.17) is 10.5 Å². The average Bonchev–Trinajstić information content (AvgIpc) is 2.53. The zero-order valence-corrected chi connectivity index (χ0v) is 10.5. The van der Waals surface area contributed by atoms with Crippen molar-refractivity contribution >= 4 is 5.91 Å². The van der Waals surface area contributed by atoms with Crippen LogP contribution in [0, 0.1) is 22.7 Å². The van der Waals surface area contributed by atoms with Crippen LogP contribution >= 0.6 is 0 Å². The lowest BCUT2D eigenvalue weighted by Crippen LogP contribution is -2.23. The quantitative estimate of drug-likeness (QED) is 0.912. The first-order valence-corrected chi connectivity index (χ1v) is 5.86. The molecule has 1 aromatic carbocycles. The van der Waals surface area contributed by atoms with Gasteiger partial charge in [0.15, 0.2) is 0 Å². The number of pyridine rings is 1. The fraction of sp³-hybridized carbons (Fsp3) is 0.0667. The van der Waals surface area contributed by atoms with E-state index in [1.165, 1.54) is 12.3 Å². The van der Waals surface area contributed by atoms with Crippen molar-refractivity contribution < 1.29 is 4.79 Å². The Morgan fingerprint density at radius 1 is 1.05 bits per heavy atom. The summed E-state index contributed by atoms with van der Waals surface area (Å²) < 4.78 is 0. The number of amides is 1. The van der Waals surface area contributed by atoms with Crippen LogP contribution in [-0.4, -0.2) is 10.9 Å². The van der Waals surface area contributed by atoms with Gasteiger partial charge in [0.05, 0.1) is 17.2 Å². The molecule has 5 heteroatoms. The van der Waals surface area contributed by atoms with Crippen molar-refractivity contribution in [1.82, 2.24) is 10.3 Å². The molecule has 0 aliphatic rings. The third-order valence-electron chi connectivity index (χ3n) is 2.66. The van der Waals surface area contributed by atoms with Gasteiger partial charge in [0.2, 0.25) is 0 Å². The van der Waals surface area contributed by atoms with Gasteiger partial charge in [0.1, 0.15) is 11.8 Å². The molecule has 0 saturated heterocycles. The number of carbonyl (C=O) groups is 1. The molecule has 96 valence electrons. The van der Waals surface area contributed by atoms with Crippen LogP contribution < -0.4 is 5.32 Å². The summed E-state index contributed by atoms with van der Waals surface area (Å²) in [5.41, 5.74) is 2.14. The maximum atomic E-state index is 11.8. The summed E-state index contributed by atoms with van der Waals surface area (Å²) in [5.74, 6) is -0.307. The molecule has 1 heterocycles. The predicted octanol–water partition coefficient (Wildman–Crippen LogP) is 1.75. The minimum atomic E-state index is -0.307. The van der Waals surface area contributed by atoms with Gasteiger partial charge in [-0.05, 0) is 29.8 Å². The molecule has 0 saturated carbocycles. The zero-order valence-electron chi connectivity index (χ0n) is 10.5. The van der Waals surface area contributed by atoms with E-state index in [9.17, 15) is 4.79 Å². The summed E-state index contributed by atoms with van der Waals surface area (Å²) in [6.45, 7) is 0.353. The van der Waals surface area contributed by atoms with Gasteiger partial charge >= 0.3 is 0 Å². The van der Waals surface area contributed by atoms with E-state index in [0.717, 1.165) is 5.56 Å². The third kappa shape index (κ3) is 3.18. The molecule has 0 fully saturated rings. The van der Waals surface area contributed by atoms with Gasteiger partial charge in [-0.1, -0.05) is 12.1 Å². The molecule has 1 aromatic heterocycles. The molecule has 2 aromatic rings. The van der Waals surface area contributed by atoms with Crippen molar-refractivity contribution in [3.8, 4) is 12.1 Å². The summed E-state index contributed by atoms with van der Waals surface area (Å²) in [4.78, 5) is 15.7. The molecular weight excluding hydrogens is 252 g/mol. The van der Waals surface area contributed by atoms with Gasteiger partial charge in [-0.25, -0.2) is 4.98 Å². The first kappa shape index (κ1) is 13.3. The van der Waals surface area contributed by atoms with E-state index < -0.39 is 0 Å². The topological polar surface area (TPSA) is 89.6 Å². The van der Waals surface area contributed by atoms with Gasteiger partial charge in [-0.15, -0.1) is 0 Å². The number of benzene rings is 1. The second kappa shape index (κ2) is 6.12. The molecule has 0 radical (unpaired) electrons. The lowest BCUT2D eigenvalue weighted by Gasteiger charge is -2.04. The summed E-state index contributed by atoms with van der Waals surface area (Å²) >= 11 is 0. The highest BCUT2D eigenvalue weighted by molar-refractivity contribution is 5.92. The van der Waals surface area contributed by atoms with Crippen LogP contribution in [-0.2, 0) is 6.54 Å². The minimum absolute atomic E-state index is 0.262. The van der Waals surface area contributed by atoms with E-state index in [1.807, 2.05) is 12.1 Å². The number of rotatable bonds is 3. The molecule has 0 spiro atoms. The first-order valence-electron chi connectivity index (χ1n) is 5.86. The zero-order chi connectivity index (χ0) is 14.4. The van der Waals surface area contributed by atoms with Gasteiger partial charge < -0.3 is 5.32 Å². The molecule has 1 amide bonds. The summed E-state index contributed by atoms with van der Waals surface area (Å²) in [7, 11) is 0. The van der Waals surface area contributed by atoms with Crippen LogP contribution in [0.15, 0.2) is 42.6 Å². The predicted molar refractivity (Wildman–Crippen MR) is 71.3 cm³/mol. The van der Waals surface area contributed by atoms with Crippen LogP contribution in [0.2, 0.25) is 0 Å². The van der Waals surface area contributed by atoms with Crippen LogP contribution in [0.3, 0.4) is 0 Å². The number of hydrogen-bond donors (Lipinski definition) is 1. The molecule has 0 unspecified atom stereocenters. The summed E-state index contributed by atoms with van der Waals surface area (Å²) in [5, 5.41) is 20.1. The molecule has 5 nitrogen and oxygen atoms in total. The standard InChI is InChI=1S/C15H10N4O/c16-7-11-1-3-12(4-2-11)9-19-15(20)14-6-5-13(8-17)10-18-14/h1-6,10H,9H2,(H,19,20). The smallest absolute Gasteiger partial charge is 0.270 e. The van der Waals surface area contributed by atoms with Crippen LogP contribution in [0.4, 0.5) is 0 Å². The van der Waals surface area contributed by atoms with E-state index >= 15 is 0 Å². The Kier molecular flexibility index (Phi) is 4.06. The van der Waals surface area contributed by atoms with Crippen molar-refractivity contribution in [2.24, 2.45) is 0 Å². The molecule has 0 aliphatic heterocycles. The van der Waals surface area contributed by atoms with Gasteiger partial charge in [-0.3, -0.25) is 4.79 Å². The molecule has 0 aliphatic carbocycles. The monoisotopic (exact) mass is 262 g/mol. The van der Waals surface area contributed by atoms with E-state index in [1.54, 1.807) is 30.3 Å². The van der Waals surface area contributed by atoms with E-state index in [2.05, 4.69) is 10.3 Å². The molecule has 20 heavy (non-hydrogen) atoms. The second-order valence-corrected chi connectivity index (χ2v) is 4.04. The highest BCUT2D eigenvalue weighted by atomic mass is 16.1. The van der Waals surface area contributed by atoms with Crippen molar-refractivity contribution in [2.45, 2.75) is 6.54 Å². The lowest BCUT2D eigenvalue weighted by atomic mass is 10.1. The number of aromatic nitrogens is 1. The Hall–Kier alpha value is -3.18. The fourth-order valence-corrected chi connectivity index (χ4v) is 1.56. The Labute approximate surface area is 116 Å². The van der Waals surface area contributed by atoms with Crippen molar-refractivity contribution in [3.05, 3.63) is 65.0 Å². The molecule has 2 rings (SSSR count). The lowest BCUT2D eigenvalue weighted by molar-refractivity contribution is 0.0946. The van der Waals surface area contributed by atoms with Crippen molar-refractivity contribution in [3.63, 3.8) is 0 Å². The maximum Gasteiger partial charge on any atom is 0.270 e. The van der Waals surface area contributed by atoms with E-state index in [0.29, 0.717) is 17.7 Å². The van der Waals surface area contributed by atoms with Crippen LogP contribution in [0.5, 0.6) is 0 Å². The second-order valence-electron chi connectivity index (χ2n) is 4.04. The number of nitriles is 2. The number of nitrogens with zero attached hydrogens (tertiary/aromatic N) is 3. The highest BCUT2D eigenvalue weighted by Crippen LogP contribution is 2.04. The Bertz CT molecular complexity index is 691. The summed E-state index contributed by atoms with van der Waals surface area (Å²) in [6.07, 6.45) is 1.36. The maximum absolute atomic E-state index is 11.8. The number of nitrogens with one attached hydrogen (secondary N) is 1. The molecule has 1 N–H and O–H groups in total. The first-order chi connectivity index (χ1) is 9.72. The van der Waals surface area contributed by atoms with Crippen LogP contribution in [0.25, 0.3) is 0 Å². The normalized spacial score (nSPS) is 9.30. The van der Waals surface area contributed by atoms with Crippen LogP contribution in [0.1, 0.15) is 27.2 Å². The van der Waals surface area contributed by atoms with Gasteiger partial charge in [-0.2, -0.15) is 10.5 Å². The largest absolute Gasteiger partial charge is 0.347 e. The Morgan fingerprint density at radius 2 is 1.70 bits per heavy atom. The molecule has 0 bridgehead atoms. The summed E-state index contributed by atoms with van der Waals surface area (Å²) in [6, 6.07) is 14.0. The fourth-order valence-electron chi connectivity index (χ4n) is 1.56. The third-order valence-corrected chi connectivity index (χ3v) is 2.66. The van der Waals surface area contributed by atoms with E-state index in [-0.39, 0.29) is 11.6 Å². The van der Waals surface area contributed by atoms with Crippen molar-refractivity contribution in [1.29, 1.82) is 10.5 Å².